The van der Waals surface area contributed by atoms with Crippen LogP contribution in [0, 0.1) is 5.41 Å². The van der Waals surface area contributed by atoms with Gasteiger partial charge in [0.25, 0.3) is 0 Å². The van der Waals surface area contributed by atoms with E-state index < -0.39 is 0 Å². The first kappa shape index (κ1) is 20.4. The topological polar surface area (TPSA) is 26.3 Å². The Hall–Kier alpha value is -1.57. The maximum absolute atomic E-state index is 11.3. The van der Waals surface area contributed by atoms with E-state index in [0.29, 0.717) is 6.42 Å². The van der Waals surface area contributed by atoms with Crippen molar-refractivity contribution in [2.45, 2.75) is 59.3 Å². The average Bonchev–Trinajstić information content (AvgIpc) is 2.56. The number of hydrogen-bond donors (Lipinski definition) is 0. The Morgan fingerprint density at radius 2 is 1.68 bits per heavy atom. The van der Waals surface area contributed by atoms with E-state index in [2.05, 4.69) is 51.6 Å². The molecule has 1 aromatic carbocycles. The highest BCUT2D eigenvalue weighted by Crippen LogP contribution is 2.35. The van der Waals surface area contributed by atoms with Crippen molar-refractivity contribution in [3.05, 3.63) is 48.6 Å². The lowest BCUT2D eigenvalue weighted by Gasteiger charge is -2.28. The normalized spacial score (nSPS) is 10.4. The number of benzene rings is 1. The van der Waals surface area contributed by atoms with Gasteiger partial charge in [0.1, 0.15) is 0 Å². The van der Waals surface area contributed by atoms with Gasteiger partial charge in [-0.05, 0) is 30.2 Å². The number of esters is 1. The summed E-state index contributed by atoms with van der Waals surface area (Å²) in [6.45, 7) is 10.3. The zero-order valence-electron chi connectivity index (χ0n) is 14.7. The molecule has 0 saturated carbocycles. The van der Waals surface area contributed by atoms with Crippen molar-refractivity contribution in [2.24, 2.45) is 5.41 Å². The lowest BCUT2D eigenvalue weighted by atomic mass is 9.76. The van der Waals surface area contributed by atoms with E-state index in [4.69, 9.17) is 4.74 Å². The molecule has 0 saturated heterocycles. The van der Waals surface area contributed by atoms with Gasteiger partial charge in [-0.2, -0.15) is 0 Å². The van der Waals surface area contributed by atoms with E-state index in [1.54, 1.807) is 0 Å². The summed E-state index contributed by atoms with van der Waals surface area (Å²) in [5, 5.41) is 0. The number of hydrogen-bond acceptors (Lipinski definition) is 2. The molecule has 0 radical (unpaired) electrons. The molecule has 0 amide bonds. The number of allylic oxidation sites excluding steroid dienone is 1. The largest absolute Gasteiger partial charge is 0.469 e. The van der Waals surface area contributed by atoms with Gasteiger partial charge in [0, 0.05) is 0 Å². The van der Waals surface area contributed by atoms with Crippen molar-refractivity contribution >= 4 is 5.97 Å². The van der Waals surface area contributed by atoms with Gasteiger partial charge in [0.15, 0.2) is 0 Å². The maximum Gasteiger partial charge on any atom is 0.306 e. The third kappa shape index (κ3) is 8.02. The summed E-state index contributed by atoms with van der Waals surface area (Å²) in [6, 6.07) is 10.5. The molecule has 0 fully saturated rings. The fourth-order valence-electron chi connectivity index (χ4n) is 2.65. The van der Waals surface area contributed by atoms with E-state index in [9.17, 15) is 4.79 Å². The minimum Gasteiger partial charge on any atom is -0.469 e. The summed E-state index contributed by atoms with van der Waals surface area (Å²) < 4.78 is 4.71. The highest BCUT2D eigenvalue weighted by molar-refractivity contribution is 5.70. The minimum atomic E-state index is -0.133. The van der Waals surface area contributed by atoms with Crippen LogP contribution in [0.5, 0.6) is 0 Å². The number of carbonyl (C=O) groups excluding carboxylic acids is 1. The van der Waals surface area contributed by atoms with Crippen LogP contribution in [0.4, 0.5) is 0 Å². The fraction of sp³-hybridized carbons (Fsp3) is 0.550. The van der Waals surface area contributed by atoms with E-state index in [1.807, 2.05) is 12.1 Å². The highest BCUT2D eigenvalue weighted by Gasteiger charge is 2.28. The van der Waals surface area contributed by atoms with Crippen molar-refractivity contribution in [1.29, 1.82) is 0 Å². The van der Waals surface area contributed by atoms with E-state index >= 15 is 0 Å². The zero-order valence-corrected chi connectivity index (χ0v) is 14.7. The van der Waals surface area contributed by atoms with Gasteiger partial charge in [-0.3, -0.25) is 4.79 Å². The van der Waals surface area contributed by atoms with Crippen molar-refractivity contribution in [3.8, 4) is 0 Å². The molecular formula is C20H32O2. The van der Waals surface area contributed by atoms with Crippen LogP contribution in [-0.4, -0.2) is 13.1 Å². The van der Waals surface area contributed by atoms with Crippen LogP contribution in [0.1, 0.15) is 58.4 Å². The number of ether oxygens (including phenoxy) is 1. The fourth-order valence-corrected chi connectivity index (χ4v) is 2.65. The molecular weight excluding hydrogens is 272 g/mol. The predicted octanol–water partition coefficient (Wildman–Crippen LogP) is 5.57. The Morgan fingerprint density at radius 3 is 2.00 bits per heavy atom. The molecule has 0 atom stereocenters. The summed E-state index contributed by atoms with van der Waals surface area (Å²) in [5.41, 5.74) is 1.36. The molecule has 0 unspecified atom stereocenters. The molecule has 2 nitrogen and oxygen atoms in total. The molecule has 0 spiro atoms. The first-order chi connectivity index (χ1) is 10.6. The quantitative estimate of drug-likeness (QED) is 0.463. The zero-order chi connectivity index (χ0) is 16.8. The van der Waals surface area contributed by atoms with Gasteiger partial charge in [-0.25, -0.2) is 0 Å². The van der Waals surface area contributed by atoms with Crippen LogP contribution in [-0.2, 0) is 16.0 Å². The first-order valence-electron chi connectivity index (χ1n) is 8.31. The number of methoxy groups -OCH3 is 1. The summed E-state index contributed by atoms with van der Waals surface area (Å²) in [7, 11) is 1.44. The summed E-state index contributed by atoms with van der Waals surface area (Å²) >= 11 is 0. The van der Waals surface area contributed by atoms with Gasteiger partial charge in [-0.1, -0.05) is 70.0 Å². The first-order valence-corrected chi connectivity index (χ1v) is 8.31. The van der Waals surface area contributed by atoms with Gasteiger partial charge in [0.05, 0.1) is 13.5 Å². The summed E-state index contributed by atoms with van der Waals surface area (Å²) in [4.78, 5) is 11.3. The molecule has 2 heteroatoms. The predicted molar refractivity (Wildman–Crippen MR) is 94.9 cm³/mol. The molecule has 0 N–H and O–H groups in total. The Kier molecular flexibility index (Phi) is 11.2. The molecule has 22 heavy (non-hydrogen) atoms. The molecule has 0 aromatic heterocycles. The van der Waals surface area contributed by atoms with Crippen LogP contribution >= 0.6 is 0 Å². The maximum atomic E-state index is 11.3. The van der Waals surface area contributed by atoms with Crippen LogP contribution in [0.2, 0.25) is 0 Å². The number of carbonyl (C=O) groups is 1. The Balaban J connectivity index is 0.000000461. The SMILES string of the molecule is C=CC(CCC)(CCC)CC(=O)OC.CCc1ccccc1. The van der Waals surface area contributed by atoms with E-state index in [1.165, 1.54) is 12.7 Å². The van der Waals surface area contributed by atoms with Gasteiger partial charge < -0.3 is 4.74 Å². The average molecular weight is 304 g/mol. The summed E-state index contributed by atoms with van der Waals surface area (Å²) in [5.74, 6) is -0.133. The number of aryl methyl sites for hydroxylation is 1. The lowest BCUT2D eigenvalue weighted by Crippen LogP contribution is -2.22. The molecule has 0 aliphatic carbocycles. The van der Waals surface area contributed by atoms with Crippen molar-refractivity contribution in [3.63, 3.8) is 0 Å². The third-order valence-electron chi connectivity index (χ3n) is 3.90. The summed E-state index contributed by atoms with van der Waals surface area (Å²) in [6.07, 6.45) is 7.71. The van der Waals surface area contributed by atoms with Crippen LogP contribution in [0.25, 0.3) is 0 Å². The Labute approximate surface area is 136 Å². The standard InChI is InChI=1S/C12H22O2.C8H10/c1-5-8-12(7-3,9-6-2)10-11(13)14-4;1-2-8-6-4-3-5-7-8/h7H,3,5-6,8-10H2,1-2,4H3;3-7H,2H2,1H3. The van der Waals surface area contributed by atoms with Crippen LogP contribution < -0.4 is 0 Å². The Bertz CT molecular complexity index is 403. The highest BCUT2D eigenvalue weighted by atomic mass is 16.5. The molecule has 0 heterocycles. The molecule has 0 aliphatic heterocycles. The van der Waals surface area contributed by atoms with Gasteiger partial charge >= 0.3 is 5.97 Å². The molecule has 0 aliphatic rings. The minimum absolute atomic E-state index is 0.0450. The van der Waals surface area contributed by atoms with Crippen LogP contribution in [0.3, 0.4) is 0 Å². The monoisotopic (exact) mass is 304 g/mol. The second kappa shape index (κ2) is 12.0. The van der Waals surface area contributed by atoms with Crippen molar-refractivity contribution in [1.82, 2.24) is 0 Å². The molecule has 1 rings (SSSR count). The van der Waals surface area contributed by atoms with E-state index in [0.717, 1.165) is 32.1 Å². The van der Waals surface area contributed by atoms with Crippen LogP contribution in [0.15, 0.2) is 43.0 Å². The molecule has 124 valence electrons. The second-order valence-corrected chi connectivity index (χ2v) is 5.66. The Morgan fingerprint density at radius 1 is 1.14 bits per heavy atom. The van der Waals surface area contributed by atoms with Crippen molar-refractivity contribution < 1.29 is 9.53 Å². The lowest BCUT2D eigenvalue weighted by molar-refractivity contribution is -0.142. The number of rotatable bonds is 8. The second-order valence-electron chi connectivity index (χ2n) is 5.66. The third-order valence-corrected chi connectivity index (χ3v) is 3.90. The van der Waals surface area contributed by atoms with Gasteiger partial charge in [0.2, 0.25) is 0 Å². The smallest absolute Gasteiger partial charge is 0.306 e. The van der Waals surface area contributed by atoms with Gasteiger partial charge in [-0.15, -0.1) is 6.58 Å². The van der Waals surface area contributed by atoms with Crippen molar-refractivity contribution in [2.75, 3.05) is 7.11 Å². The molecule has 0 bridgehead atoms. The van der Waals surface area contributed by atoms with E-state index in [-0.39, 0.29) is 11.4 Å². The molecule has 1 aromatic rings.